The summed E-state index contributed by atoms with van der Waals surface area (Å²) in [5, 5.41) is 11.8. The van der Waals surface area contributed by atoms with Gasteiger partial charge in [-0.3, -0.25) is 14.4 Å². The zero-order chi connectivity index (χ0) is 14.9. The molecule has 0 spiro atoms. The van der Waals surface area contributed by atoms with Gasteiger partial charge in [0.15, 0.2) is 0 Å². The molecule has 0 aromatic heterocycles. The van der Waals surface area contributed by atoms with E-state index in [-0.39, 0.29) is 17.7 Å². The van der Waals surface area contributed by atoms with Crippen molar-refractivity contribution in [1.29, 1.82) is 0 Å². The van der Waals surface area contributed by atoms with Crippen molar-refractivity contribution in [3.8, 4) is 0 Å². The largest absolute Gasteiger partial charge is 0.481 e. The van der Waals surface area contributed by atoms with Crippen LogP contribution >= 0.6 is 0 Å². The van der Waals surface area contributed by atoms with Crippen LogP contribution in [0.1, 0.15) is 32.6 Å². The molecule has 2 N–H and O–H groups in total. The molecule has 20 heavy (non-hydrogen) atoms. The van der Waals surface area contributed by atoms with E-state index in [1.165, 1.54) is 0 Å². The first-order chi connectivity index (χ1) is 9.45. The van der Waals surface area contributed by atoms with Crippen molar-refractivity contribution in [3.05, 3.63) is 0 Å². The molecule has 1 saturated heterocycles. The molecule has 1 heterocycles. The summed E-state index contributed by atoms with van der Waals surface area (Å²) in [6.07, 6.45) is 2.60. The summed E-state index contributed by atoms with van der Waals surface area (Å²) in [5.41, 5.74) is 0. The molecule has 0 radical (unpaired) electrons. The van der Waals surface area contributed by atoms with Crippen LogP contribution in [0.3, 0.4) is 0 Å². The van der Waals surface area contributed by atoms with Gasteiger partial charge in [-0.15, -0.1) is 0 Å². The van der Waals surface area contributed by atoms with E-state index in [4.69, 9.17) is 0 Å². The van der Waals surface area contributed by atoms with Gasteiger partial charge < -0.3 is 15.3 Å². The van der Waals surface area contributed by atoms with Gasteiger partial charge in [0.25, 0.3) is 0 Å². The van der Waals surface area contributed by atoms with Gasteiger partial charge in [-0.1, -0.05) is 6.92 Å². The fourth-order valence-corrected chi connectivity index (χ4v) is 3.52. The number of carboxylic acids is 1. The minimum absolute atomic E-state index is 0.159. The molecule has 112 valence electrons. The number of carboxylic acid groups (broad SMARTS) is 1. The molecule has 6 nitrogen and oxygen atoms in total. The first-order valence-corrected chi connectivity index (χ1v) is 7.20. The number of aliphatic carboxylic acids is 1. The number of likely N-dealkylation sites (tertiary alicyclic amines) is 1. The summed E-state index contributed by atoms with van der Waals surface area (Å²) in [7, 11) is 1.56. The lowest BCUT2D eigenvalue weighted by atomic mass is 9.94. The van der Waals surface area contributed by atoms with Crippen LogP contribution in [-0.4, -0.2) is 47.4 Å². The zero-order valence-electron chi connectivity index (χ0n) is 12.0. The second kappa shape index (κ2) is 5.81. The normalized spacial score (nSPS) is 33.2. The van der Waals surface area contributed by atoms with Gasteiger partial charge in [0, 0.05) is 13.6 Å². The first kappa shape index (κ1) is 14.8. The summed E-state index contributed by atoms with van der Waals surface area (Å²) in [6, 6.07) is -0.433. The van der Waals surface area contributed by atoms with Crippen molar-refractivity contribution in [1.82, 2.24) is 10.2 Å². The third-order valence-electron chi connectivity index (χ3n) is 4.52. The molecule has 2 rings (SSSR count). The van der Waals surface area contributed by atoms with E-state index in [0.717, 1.165) is 6.42 Å². The van der Waals surface area contributed by atoms with Crippen LogP contribution in [0.25, 0.3) is 0 Å². The average molecular weight is 282 g/mol. The fraction of sp³-hybridized carbons (Fsp3) is 0.786. The average Bonchev–Trinajstić information content (AvgIpc) is 3.03. The third kappa shape index (κ3) is 2.64. The van der Waals surface area contributed by atoms with Crippen molar-refractivity contribution in [3.63, 3.8) is 0 Å². The maximum absolute atomic E-state index is 12.6. The lowest BCUT2D eigenvalue weighted by Gasteiger charge is -2.27. The van der Waals surface area contributed by atoms with Crippen LogP contribution in [0.4, 0.5) is 0 Å². The van der Waals surface area contributed by atoms with Gasteiger partial charge in [0.05, 0.1) is 11.8 Å². The number of carbonyl (C=O) groups excluding carboxylic acids is 2. The Balaban J connectivity index is 2.13. The minimum atomic E-state index is -0.900. The Morgan fingerprint density at radius 2 is 1.85 bits per heavy atom. The van der Waals surface area contributed by atoms with Crippen molar-refractivity contribution >= 4 is 17.8 Å². The molecule has 0 bridgehead atoms. The second-order valence-corrected chi connectivity index (χ2v) is 5.93. The number of hydrogen-bond donors (Lipinski definition) is 2. The Bertz CT molecular complexity index is 423. The van der Waals surface area contributed by atoms with Gasteiger partial charge >= 0.3 is 5.97 Å². The Kier molecular flexibility index (Phi) is 4.30. The monoisotopic (exact) mass is 282 g/mol. The number of amides is 2. The number of nitrogens with one attached hydrogen (secondary N) is 1. The minimum Gasteiger partial charge on any atom is -0.481 e. The highest BCUT2D eigenvalue weighted by Gasteiger charge is 2.45. The summed E-state index contributed by atoms with van der Waals surface area (Å²) < 4.78 is 0. The van der Waals surface area contributed by atoms with E-state index in [1.807, 2.05) is 6.92 Å². The predicted molar refractivity (Wildman–Crippen MR) is 71.8 cm³/mol. The number of hydrogen-bond acceptors (Lipinski definition) is 3. The van der Waals surface area contributed by atoms with E-state index in [0.29, 0.717) is 25.8 Å². The molecular weight excluding hydrogens is 260 g/mol. The number of likely N-dealkylation sites (N-methyl/N-ethyl adjacent to an activating group) is 1. The van der Waals surface area contributed by atoms with Crippen molar-refractivity contribution in [2.45, 2.75) is 38.6 Å². The van der Waals surface area contributed by atoms with Crippen LogP contribution in [0.2, 0.25) is 0 Å². The summed E-state index contributed by atoms with van der Waals surface area (Å²) in [4.78, 5) is 37.3. The van der Waals surface area contributed by atoms with Gasteiger partial charge in [-0.2, -0.15) is 0 Å². The van der Waals surface area contributed by atoms with E-state index in [2.05, 4.69) is 5.32 Å². The second-order valence-electron chi connectivity index (χ2n) is 5.93. The quantitative estimate of drug-likeness (QED) is 0.788. The highest BCUT2D eigenvalue weighted by molar-refractivity contribution is 5.91. The van der Waals surface area contributed by atoms with Crippen molar-refractivity contribution in [2.24, 2.45) is 17.8 Å². The lowest BCUT2D eigenvalue weighted by Crippen LogP contribution is -2.48. The number of rotatable bonds is 3. The Labute approximate surface area is 118 Å². The van der Waals surface area contributed by atoms with Crippen molar-refractivity contribution in [2.75, 3.05) is 13.6 Å². The number of nitrogens with zero attached hydrogens (tertiary/aromatic N) is 1. The SMILES string of the molecule is CNC(=O)C1CCCN1C(=O)C1CC(C)CC1C(=O)O. The Hall–Kier alpha value is -1.59. The molecule has 1 aliphatic carbocycles. The van der Waals surface area contributed by atoms with E-state index >= 15 is 0 Å². The summed E-state index contributed by atoms with van der Waals surface area (Å²) in [6.45, 7) is 2.53. The standard InChI is InChI=1S/C14H22N2O4/c1-8-6-9(10(7-8)14(19)20)13(18)16-5-3-4-11(16)12(17)15-2/h8-11H,3-7H2,1-2H3,(H,15,17)(H,19,20). The Morgan fingerprint density at radius 3 is 2.45 bits per heavy atom. The molecule has 2 aliphatic rings. The molecule has 4 unspecified atom stereocenters. The van der Waals surface area contributed by atoms with Crippen LogP contribution < -0.4 is 5.32 Å². The maximum atomic E-state index is 12.6. The maximum Gasteiger partial charge on any atom is 0.307 e. The Morgan fingerprint density at radius 1 is 1.20 bits per heavy atom. The molecule has 0 aromatic rings. The topological polar surface area (TPSA) is 86.7 Å². The molecule has 2 amide bonds. The van der Waals surface area contributed by atoms with Crippen LogP contribution in [0.5, 0.6) is 0 Å². The van der Waals surface area contributed by atoms with Gasteiger partial charge in [0.2, 0.25) is 11.8 Å². The first-order valence-electron chi connectivity index (χ1n) is 7.20. The van der Waals surface area contributed by atoms with Crippen LogP contribution in [0.15, 0.2) is 0 Å². The zero-order valence-corrected chi connectivity index (χ0v) is 12.0. The van der Waals surface area contributed by atoms with E-state index < -0.39 is 23.8 Å². The third-order valence-corrected chi connectivity index (χ3v) is 4.52. The van der Waals surface area contributed by atoms with Gasteiger partial charge in [-0.25, -0.2) is 0 Å². The molecule has 1 aliphatic heterocycles. The molecule has 1 saturated carbocycles. The smallest absolute Gasteiger partial charge is 0.307 e. The van der Waals surface area contributed by atoms with Crippen LogP contribution in [-0.2, 0) is 14.4 Å². The molecule has 2 fully saturated rings. The van der Waals surface area contributed by atoms with Gasteiger partial charge in [0.1, 0.15) is 6.04 Å². The predicted octanol–water partition coefficient (Wildman–Crippen LogP) is 0.470. The van der Waals surface area contributed by atoms with Gasteiger partial charge in [-0.05, 0) is 31.6 Å². The number of carbonyl (C=O) groups is 3. The molecule has 0 aromatic carbocycles. The summed E-state index contributed by atoms with van der Waals surface area (Å²) in [5.74, 6) is -2.06. The van der Waals surface area contributed by atoms with Crippen molar-refractivity contribution < 1.29 is 19.5 Å². The molecular formula is C14H22N2O4. The summed E-state index contributed by atoms with van der Waals surface area (Å²) >= 11 is 0. The van der Waals surface area contributed by atoms with E-state index in [9.17, 15) is 19.5 Å². The fourth-order valence-electron chi connectivity index (χ4n) is 3.52. The molecule has 6 heteroatoms. The van der Waals surface area contributed by atoms with E-state index in [1.54, 1.807) is 11.9 Å². The lowest BCUT2D eigenvalue weighted by molar-refractivity contribution is -0.150. The molecule has 4 atom stereocenters. The van der Waals surface area contributed by atoms with Crippen LogP contribution in [0, 0.1) is 17.8 Å². The highest BCUT2D eigenvalue weighted by Crippen LogP contribution is 2.38. The highest BCUT2D eigenvalue weighted by atomic mass is 16.4.